The molecule has 1 aliphatic heterocycles. The predicted molar refractivity (Wildman–Crippen MR) is 93.9 cm³/mol. The average Bonchev–Trinajstić information content (AvgIpc) is 2.98. The third kappa shape index (κ3) is 3.54. The number of hydrogen-bond donors (Lipinski definition) is 2. The van der Waals surface area contributed by atoms with Gasteiger partial charge in [0.25, 0.3) is 0 Å². The molecule has 0 bridgehead atoms. The summed E-state index contributed by atoms with van der Waals surface area (Å²) < 4.78 is 5.37. The zero-order valence-electron chi connectivity index (χ0n) is 14.0. The van der Waals surface area contributed by atoms with Crippen LogP contribution in [0.1, 0.15) is 17.5 Å². The number of rotatable bonds is 5. The van der Waals surface area contributed by atoms with Crippen LogP contribution in [0.15, 0.2) is 47.2 Å². The number of alkyl carbamates (subject to hydrolysis) is 1. The number of amides is 1. The van der Waals surface area contributed by atoms with Gasteiger partial charge in [0, 0.05) is 24.3 Å². The lowest BCUT2D eigenvalue weighted by Gasteiger charge is -2.17. The highest BCUT2D eigenvalue weighted by Crippen LogP contribution is 2.61. The highest BCUT2D eigenvalue weighted by Gasteiger charge is 2.67. The van der Waals surface area contributed by atoms with Crippen LogP contribution in [0.5, 0.6) is 0 Å². The normalized spacial score (nSPS) is 26.9. The van der Waals surface area contributed by atoms with Crippen LogP contribution < -0.4 is 23.0 Å². The molecular weight excluding hydrogens is 356 g/mol. The lowest BCUT2D eigenvalue weighted by Crippen LogP contribution is -3.00. The van der Waals surface area contributed by atoms with Crippen molar-refractivity contribution in [3.8, 4) is 0 Å². The third-order valence-electron chi connectivity index (χ3n) is 5.60. The number of halogens is 1. The van der Waals surface area contributed by atoms with E-state index in [1.807, 2.05) is 30.3 Å². The number of benzene rings is 1. The highest BCUT2D eigenvalue weighted by atomic mass is 35.5. The molecule has 3 unspecified atom stereocenters. The molecule has 1 aliphatic carbocycles. The number of carbonyl (C=O) groups is 1. The number of hydrogen-bond acceptors (Lipinski definition) is 3. The zero-order chi connectivity index (χ0) is 16.4. The highest BCUT2D eigenvalue weighted by molar-refractivity contribution is 7.08. The molecule has 4 nitrogen and oxygen atoms in total. The number of ether oxygens (including phenoxy) is 1. The van der Waals surface area contributed by atoms with E-state index in [0.29, 0.717) is 25.0 Å². The molecule has 1 saturated carbocycles. The molecule has 0 radical (unpaired) electrons. The number of nitrogens with one attached hydrogen (secondary N) is 1. The first-order valence-electron chi connectivity index (χ1n) is 8.59. The van der Waals surface area contributed by atoms with Crippen LogP contribution >= 0.6 is 11.3 Å². The van der Waals surface area contributed by atoms with Gasteiger partial charge < -0.3 is 27.8 Å². The van der Waals surface area contributed by atoms with E-state index >= 15 is 0 Å². The van der Waals surface area contributed by atoms with Gasteiger partial charge >= 0.3 is 6.09 Å². The third-order valence-corrected chi connectivity index (χ3v) is 6.28. The van der Waals surface area contributed by atoms with Crippen molar-refractivity contribution in [1.29, 1.82) is 0 Å². The maximum Gasteiger partial charge on any atom is 0.407 e. The monoisotopic (exact) mass is 378 g/mol. The van der Waals surface area contributed by atoms with Gasteiger partial charge in [0.15, 0.2) is 0 Å². The van der Waals surface area contributed by atoms with E-state index in [1.165, 1.54) is 25.1 Å². The largest absolute Gasteiger partial charge is 1.00 e. The molecule has 1 amide bonds. The van der Waals surface area contributed by atoms with Gasteiger partial charge in [-0.05, 0) is 33.9 Å². The van der Waals surface area contributed by atoms with E-state index in [4.69, 9.17) is 4.74 Å². The molecule has 1 aromatic heterocycles. The van der Waals surface area contributed by atoms with Gasteiger partial charge in [-0.1, -0.05) is 30.3 Å². The summed E-state index contributed by atoms with van der Waals surface area (Å²) in [5.41, 5.74) is 2.52. The van der Waals surface area contributed by atoms with Crippen molar-refractivity contribution in [1.82, 2.24) is 5.32 Å². The summed E-state index contributed by atoms with van der Waals surface area (Å²) in [6.45, 7) is 3.37. The van der Waals surface area contributed by atoms with Crippen molar-refractivity contribution >= 4 is 17.4 Å². The van der Waals surface area contributed by atoms with Crippen LogP contribution in [0, 0.1) is 11.8 Å². The Morgan fingerprint density at radius 2 is 2.12 bits per heavy atom. The Hall–Kier alpha value is -1.56. The Morgan fingerprint density at radius 3 is 2.80 bits per heavy atom. The first kappa shape index (κ1) is 18.2. The fraction of sp³-hybridized carbons (Fsp3) is 0.421. The smallest absolute Gasteiger partial charge is 0.407 e. The molecule has 2 fully saturated rings. The van der Waals surface area contributed by atoms with E-state index in [9.17, 15) is 4.79 Å². The molecule has 0 spiro atoms. The van der Waals surface area contributed by atoms with Crippen molar-refractivity contribution in [2.75, 3.05) is 19.6 Å². The topological polar surface area (TPSA) is 54.9 Å². The maximum absolute atomic E-state index is 12.1. The number of quaternary nitrogens is 1. The van der Waals surface area contributed by atoms with Gasteiger partial charge in [-0.25, -0.2) is 4.79 Å². The summed E-state index contributed by atoms with van der Waals surface area (Å²) >= 11 is 1.74. The van der Waals surface area contributed by atoms with Gasteiger partial charge in [-0.3, -0.25) is 0 Å². The Labute approximate surface area is 158 Å². The summed E-state index contributed by atoms with van der Waals surface area (Å²) in [6.07, 6.45) is 0.919. The first-order valence-corrected chi connectivity index (χ1v) is 9.54. The Kier molecular flexibility index (Phi) is 5.67. The van der Waals surface area contributed by atoms with E-state index in [0.717, 1.165) is 5.56 Å². The van der Waals surface area contributed by atoms with Crippen molar-refractivity contribution in [3.05, 3.63) is 58.3 Å². The van der Waals surface area contributed by atoms with Crippen molar-refractivity contribution < 1.29 is 27.3 Å². The minimum Gasteiger partial charge on any atom is -1.00 e. The summed E-state index contributed by atoms with van der Waals surface area (Å²) in [5.74, 6) is 1.38. The zero-order valence-corrected chi connectivity index (χ0v) is 15.6. The van der Waals surface area contributed by atoms with E-state index in [1.54, 1.807) is 11.3 Å². The Morgan fingerprint density at radius 1 is 1.28 bits per heavy atom. The summed E-state index contributed by atoms with van der Waals surface area (Å²) in [7, 11) is 0. The van der Waals surface area contributed by atoms with Gasteiger partial charge in [-0.2, -0.15) is 11.3 Å². The minimum atomic E-state index is -0.318. The predicted octanol–water partition coefficient (Wildman–Crippen LogP) is -0.871. The quantitative estimate of drug-likeness (QED) is 0.710. The summed E-state index contributed by atoms with van der Waals surface area (Å²) in [4.78, 5) is 12.1. The van der Waals surface area contributed by atoms with Crippen LogP contribution in [0.4, 0.5) is 4.79 Å². The van der Waals surface area contributed by atoms with Crippen molar-refractivity contribution in [2.24, 2.45) is 11.8 Å². The number of thiophene rings is 1. The van der Waals surface area contributed by atoms with Gasteiger partial charge in [0.05, 0.1) is 13.1 Å². The van der Waals surface area contributed by atoms with Crippen molar-refractivity contribution in [3.63, 3.8) is 0 Å². The summed E-state index contributed by atoms with van der Waals surface area (Å²) in [5, 5.41) is 9.82. The first-order chi connectivity index (χ1) is 11.8. The maximum atomic E-state index is 12.1. The van der Waals surface area contributed by atoms with Crippen LogP contribution in [0.2, 0.25) is 0 Å². The number of nitrogens with two attached hydrogens (primary N) is 1. The molecule has 3 atom stereocenters. The second kappa shape index (κ2) is 7.77. The fourth-order valence-corrected chi connectivity index (χ4v) is 5.10. The molecule has 2 aromatic rings. The number of fused-ring (bicyclic) bond motifs is 1. The standard InChI is InChI=1S/C19H22N2O2S.ClH/c22-18(23-11-14-4-2-1-3-5-14)21-13-19(15-7-9-24-12-15)16-6-8-20-10-17(16)19;/h1-5,7,9,12,16-17,20H,6,8,10-11,13H2,(H,21,22);1H. The van der Waals surface area contributed by atoms with Crippen molar-refractivity contribution in [2.45, 2.75) is 18.4 Å². The average molecular weight is 379 g/mol. The second-order valence-corrected chi connectivity index (χ2v) is 7.56. The second-order valence-electron chi connectivity index (χ2n) is 6.78. The Bertz CT molecular complexity index is 681. The molecule has 2 heterocycles. The van der Waals surface area contributed by atoms with Crippen LogP contribution in [0.25, 0.3) is 0 Å². The number of piperidine rings is 1. The lowest BCUT2D eigenvalue weighted by molar-refractivity contribution is -0.664. The molecule has 25 heavy (non-hydrogen) atoms. The van der Waals surface area contributed by atoms with E-state index < -0.39 is 0 Å². The lowest BCUT2D eigenvalue weighted by atomic mass is 9.93. The molecule has 2 aliphatic rings. The molecule has 1 saturated heterocycles. The molecule has 1 aromatic carbocycles. The van der Waals surface area contributed by atoms with E-state index in [2.05, 4.69) is 27.5 Å². The van der Waals surface area contributed by atoms with Gasteiger partial charge in [0.2, 0.25) is 0 Å². The Balaban J connectivity index is 0.00000182. The minimum absolute atomic E-state index is 0. The molecule has 6 heteroatoms. The van der Waals surface area contributed by atoms with Gasteiger partial charge in [-0.15, -0.1) is 0 Å². The number of carbonyl (C=O) groups excluding carboxylic acids is 1. The summed E-state index contributed by atoms with van der Waals surface area (Å²) in [6, 6.07) is 12.0. The fourth-order valence-electron chi connectivity index (χ4n) is 4.35. The molecule has 134 valence electrons. The molecule has 4 rings (SSSR count). The molecular formula is C19H23ClN2O2S. The van der Waals surface area contributed by atoms with Crippen LogP contribution in [0.3, 0.4) is 0 Å². The van der Waals surface area contributed by atoms with E-state index in [-0.39, 0.29) is 23.9 Å². The van der Waals surface area contributed by atoms with Gasteiger partial charge in [0.1, 0.15) is 6.61 Å². The SMILES string of the molecule is O=C(NCC1(c2ccsc2)C2CC[NH2+]CC21)OCc1ccccc1.[Cl-]. The molecule has 3 N–H and O–H groups in total. The van der Waals surface area contributed by atoms with Crippen LogP contribution in [-0.4, -0.2) is 25.7 Å². The van der Waals surface area contributed by atoms with Crippen LogP contribution in [-0.2, 0) is 16.8 Å².